The highest BCUT2D eigenvalue weighted by molar-refractivity contribution is 6.00. The van der Waals surface area contributed by atoms with Crippen LogP contribution < -0.4 is 14.8 Å². The second kappa shape index (κ2) is 11.1. The Kier molecular flexibility index (Phi) is 8.17. The lowest BCUT2D eigenvalue weighted by Gasteiger charge is -2.21. The minimum absolute atomic E-state index is 0.0211. The van der Waals surface area contributed by atoms with Gasteiger partial charge in [0.25, 0.3) is 5.91 Å². The first kappa shape index (κ1) is 25.1. The molecule has 7 nitrogen and oxygen atoms in total. The lowest BCUT2D eigenvalue weighted by Crippen LogP contribution is -2.46. The fourth-order valence-corrected chi connectivity index (χ4v) is 3.25. The number of carbonyl (C=O) groups is 1. The summed E-state index contributed by atoms with van der Waals surface area (Å²) in [4.78, 5) is 17.5. The third-order valence-corrected chi connectivity index (χ3v) is 4.95. The predicted molar refractivity (Wildman–Crippen MR) is 119 cm³/mol. The van der Waals surface area contributed by atoms with Gasteiger partial charge in [-0.15, -0.1) is 19.8 Å². The minimum Gasteiger partial charge on any atom is -0.494 e. The quantitative estimate of drug-likeness (QED) is 0.379. The van der Waals surface area contributed by atoms with Crippen molar-refractivity contribution in [2.45, 2.75) is 31.3 Å². The van der Waals surface area contributed by atoms with Crippen LogP contribution in [0.2, 0.25) is 0 Å². The molecule has 2 aromatic carbocycles. The number of aliphatic imine (C=N–C) groups is 1. The van der Waals surface area contributed by atoms with Crippen LogP contribution >= 0.6 is 0 Å². The van der Waals surface area contributed by atoms with E-state index in [1.165, 1.54) is 24.3 Å². The largest absolute Gasteiger partial charge is 0.573 e. The van der Waals surface area contributed by atoms with Gasteiger partial charge in [-0.2, -0.15) is 0 Å². The summed E-state index contributed by atoms with van der Waals surface area (Å²) in [5.74, 6) is 0.223. The van der Waals surface area contributed by atoms with Crippen LogP contribution in [0.25, 0.3) is 0 Å². The van der Waals surface area contributed by atoms with E-state index in [2.05, 4.69) is 21.6 Å². The van der Waals surface area contributed by atoms with Crippen LogP contribution in [0.3, 0.4) is 0 Å². The molecule has 0 radical (unpaired) electrons. The zero-order valence-corrected chi connectivity index (χ0v) is 18.3. The Bertz CT molecular complexity index is 1010. The van der Waals surface area contributed by atoms with E-state index in [1.54, 1.807) is 30.3 Å². The lowest BCUT2D eigenvalue weighted by molar-refractivity contribution is -0.274. The summed E-state index contributed by atoms with van der Waals surface area (Å²) < 4.78 is 52.0. The van der Waals surface area contributed by atoms with Gasteiger partial charge < -0.3 is 24.6 Å². The SMILES string of the molecule is C=CC[C@]1(C(=O)NCc2ccc(OC(F)(F)F)cc2)COC(c2ccc(OCCCO)cc2)=N1. The van der Waals surface area contributed by atoms with E-state index in [-0.39, 0.29) is 37.8 Å². The maximum absolute atomic E-state index is 13.0. The first-order valence-corrected chi connectivity index (χ1v) is 10.6. The van der Waals surface area contributed by atoms with Crippen molar-refractivity contribution >= 4 is 11.8 Å². The van der Waals surface area contributed by atoms with Crippen molar-refractivity contribution in [2.75, 3.05) is 19.8 Å². The number of rotatable bonds is 11. The maximum Gasteiger partial charge on any atom is 0.573 e. The van der Waals surface area contributed by atoms with Gasteiger partial charge in [0.1, 0.15) is 18.1 Å². The fraction of sp³-hybridized carbons (Fsp3) is 0.333. The molecule has 10 heteroatoms. The molecule has 1 amide bonds. The first-order valence-electron chi connectivity index (χ1n) is 10.6. The number of nitrogens with zero attached hydrogens (tertiary/aromatic N) is 1. The average molecular weight is 478 g/mol. The van der Waals surface area contributed by atoms with Gasteiger partial charge in [-0.25, -0.2) is 4.99 Å². The maximum atomic E-state index is 13.0. The number of carbonyl (C=O) groups excluding carboxylic acids is 1. The highest BCUT2D eigenvalue weighted by Crippen LogP contribution is 2.28. The Morgan fingerprint density at radius 1 is 1.18 bits per heavy atom. The molecule has 0 bridgehead atoms. The van der Waals surface area contributed by atoms with E-state index in [9.17, 15) is 18.0 Å². The van der Waals surface area contributed by atoms with Crippen molar-refractivity contribution in [3.63, 3.8) is 0 Å². The first-order chi connectivity index (χ1) is 16.2. The molecule has 0 saturated carbocycles. The molecular weight excluding hydrogens is 453 g/mol. The number of alkyl halides is 3. The van der Waals surface area contributed by atoms with Gasteiger partial charge in [-0.3, -0.25) is 4.79 Å². The van der Waals surface area contributed by atoms with Crippen molar-refractivity contribution in [3.8, 4) is 11.5 Å². The number of aliphatic hydroxyl groups is 1. The molecule has 2 aromatic rings. The van der Waals surface area contributed by atoms with Crippen molar-refractivity contribution in [1.29, 1.82) is 0 Å². The zero-order chi connectivity index (χ0) is 24.6. The molecule has 0 saturated heterocycles. The molecule has 2 N–H and O–H groups in total. The van der Waals surface area contributed by atoms with Crippen LogP contribution in [0.1, 0.15) is 24.0 Å². The summed E-state index contributed by atoms with van der Waals surface area (Å²) in [6.45, 7) is 4.27. The third kappa shape index (κ3) is 6.74. The smallest absolute Gasteiger partial charge is 0.494 e. The Morgan fingerprint density at radius 2 is 1.85 bits per heavy atom. The topological polar surface area (TPSA) is 89.4 Å². The molecule has 0 fully saturated rings. The molecule has 1 aliphatic heterocycles. The highest BCUT2D eigenvalue weighted by atomic mass is 19.4. The van der Waals surface area contributed by atoms with Crippen LogP contribution in [0.4, 0.5) is 13.2 Å². The number of nitrogens with one attached hydrogen (secondary N) is 1. The Labute approximate surface area is 194 Å². The summed E-state index contributed by atoms with van der Waals surface area (Å²) in [7, 11) is 0. The minimum atomic E-state index is -4.77. The second-order valence-corrected chi connectivity index (χ2v) is 7.55. The van der Waals surface area contributed by atoms with Gasteiger partial charge in [-0.1, -0.05) is 18.2 Å². The van der Waals surface area contributed by atoms with Crippen LogP contribution in [-0.2, 0) is 16.1 Å². The normalized spacial score (nSPS) is 17.5. The van der Waals surface area contributed by atoms with Crippen LogP contribution in [0, 0.1) is 0 Å². The number of halogens is 3. The van der Waals surface area contributed by atoms with Crippen LogP contribution in [-0.4, -0.2) is 48.6 Å². The van der Waals surface area contributed by atoms with Crippen molar-refractivity contribution in [1.82, 2.24) is 5.32 Å². The summed E-state index contributed by atoms with van der Waals surface area (Å²) in [5, 5.41) is 11.6. The highest BCUT2D eigenvalue weighted by Gasteiger charge is 2.43. The number of hydrogen-bond donors (Lipinski definition) is 2. The third-order valence-electron chi connectivity index (χ3n) is 4.95. The Morgan fingerprint density at radius 3 is 2.47 bits per heavy atom. The molecule has 1 atom stereocenters. The number of hydrogen-bond acceptors (Lipinski definition) is 6. The molecule has 0 unspecified atom stereocenters. The molecule has 3 rings (SSSR count). The van der Waals surface area contributed by atoms with Gasteiger partial charge >= 0.3 is 6.36 Å². The number of benzene rings is 2. The fourth-order valence-electron chi connectivity index (χ4n) is 3.25. The molecule has 0 aromatic heterocycles. The molecular formula is C24H25F3N2O5. The van der Waals surface area contributed by atoms with E-state index < -0.39 is 11.9 Å². The zero-order valence-electron chi connectivity index (χ0n) is 18.3. The van der Waals surface area contributed by atoms with Crippen LogP contribution in [0.5, 0.6) is 11.5 Å². The van der Waals surface area contributed by atoms with Gasteiger partial charge in [0.15, 0.2) is 5.54 Å². The lowest BCUT2D eigenvalue weighted by atomic mass is 9.96. The van der Waals surface area contributed by atoms with Crippen molar-refractivity contribution in [3.05, 3.63) is 72.3 Å². The monoisotopic (exact) mass is 478 g/mol. The average Bonchev–Trinajstić information content (AvgIpc) is 3.24. The number of ether oxygens (including phenoxy) is 3. The van der Waals surface area contributed by atoms with E-state index in [0.717, 1.165) is 0 Å². The standard InChI is InChI=1S/C24H25F3N2O5/c1-2-12-23(22(31)28-15-17-4-8-20(9-5-17)34-24(25,26)27)16-33-21(29-23)18-6-10-19(11-7-18)32-14-3-13-30/h2,4-11,30H,1,3,12-16H2,(H,28,31)/t23-/m1/s1. The summed E-state index contributed by atoms with van der Waals surface area (Å²) in [5.41, 5.74) is 0.0669. The molecule has 0 aliphatic carbocycles. The Hall–Kier alpha value is -3.53. The molecule has 0 spiro atoms. The van der Waals surface area contributed by atoms with E-state index >= 15 is 0 Å². The van der Waals surface area contributed by atoms with Gasteiger partial charge in [-0.05, 0) is 42.0 Å². The van der Waals surface area contributed by atoms with E-state index in [1.807, 2.05) is 0 Å². The number of aliphatic hydroxyl groups excluding tert-OH is 1. The summed E-state index contributed by atoms with van der Waals surface area (Å²) >= 11 is 0. The molecule has 34 heavy (non-hydrogen) atoms. The predicted octanol–water partition coefficient (Wildman–Crippen LogP) is 3.75. The van der Waals surface area contributed by atoms with E-state index in [4.69, 9.17) is 14.6 Å². The van der Waals surface area contributed by atoms with E-state index in [0.29, 0.717) is 35.8 Å². The number of amides is 1. The Balaban J connectivity index is 1.65. The molecule has 182 valence electrons. The van der Waals surface area contributed by atoms with Gasteiger partial charge in [0, 0.05) is 31.6 Å². The summed E-state index contributed by atoms with van der Waals surface area (Å²) in [6.07, 6.45) is -2.42. The van der Waals surface area contributed by atoms with Crippen molar-refractivity contribution < 1.29 is 37.3 Å². The van der Waals surface area contributed by atoms with Gasteiger partial charge in [0.05, 0.1) is 6.61 Å². The molecule has 1 heterocycles. The van der Waals surface area contributed by atoms with Crippen LogP contribution in [0.15, 0.2) is 66.2 Å². The molecule has 1 aliphatic rings. The van der Waals surface area contributed by atoms with Gasteiger partial charge in [0.2, 0.25) is 5.90 Å². The second-order valence-electron chi connectivity index (χ2n) is 7.55. The summed E-state index contributed by atoms with van der Waals surface area (Å²) in [6, 6.07) is 12.3. The van der Waals surface area contributed by atoms with Crippen molar-refractivity contribution in [2.24, 2.45) is 4.99 Å².